The third-order valence-electron chi connectivity index (χ3n) is 6.55. The van der Waals surface area contributed by atoms with Gasteiger partial charge in [0.15, 0.2) is 5.78 Å². The molecular formula is C20H26O6. The van der Waals surface area contributed by atoms with Crippen molar-refractivity contribution in [2.75, 3.05) is 0 Å². The highest BCUT2D eigenvalue weighted by Crippen LogP contribution is 2.54. The molecule has 2 fully saturated rings. The third-order valence-corrected chi connectivity index (χ3v) is 6.55. The van der Waals surface area contributed by atoms with Crippen molar-refractivity contribution in [3.05, 3.63) is 24.3 Å². The van der Waals surface area contributed by atoms with Gasteiger partial charge in [0.25, 0.3) is 0 Å². The van der Waals surface area contributed by atoms with Crippen molar-refractivity contribution in [2.45, 2.75) is 52.4 Å². The zero-order valence-corrected chi connectivity index (χ0v) is 15.6. The van der Waals surface area contributed by atoms with Crippen molar-refractivity contribution in [1.29, 1.82) is 0 Å². The second kappa shape index (κ2) is 6.34. The number of fused-ring (bicyclic) bond motifs is 3. The molecule has 0 spiro atoms. The largest absolute Gasteiger partial charge is 0.460 e. The molecule has 6 heteroatoms. The van der Waals surface area contributed by atoms with E-state index in [0.717, 1.165) is 0 Å². The SMILES string of the molecule is C=C1C(=O)OC2C(C)C3C=CC(=O)C3(C)C(OC(=O)C(C)CC)C1C2O. The maximum Gasteiger partial charge on any atom is 0.334 e. The molecule has 8 unspecified atom stereocenters. The van der Waals surface area contributed by atoms with Gasteiger partial charge in [-0.15, -0.1) is 0 Å². The van der Waals surface area contributed by atoms with Gasteiger partial charge in [-0.3, -0.25) is 9.59 Å². The van der Waals surface area contributed by atoms with Crippen LogP contribution in [0.15, 0.2) is 24.3 Å². The van der Waals surface area contributed by atoms with Gasteiger partial charge in [-0.05, 0) is 25.3 Å². The Morgan fingerprint density at radius 3 is 2.73 bits per heavy atom. The Balaban J connectivity index is 2.12. The number of ether oxygens (including phenoxy) is 2. The minimum atomic E-state index is -1.08. The van der Waals surface area contributed by atoms with Crippen molar-refractivity contribution < 1.29 is 29.0 Å². The molecule has 2 aliphatic carbocycles. The van der Waals surface area contributed by atoms with Gasteiger partial charge < -0.3 is 14.6 Å². The van der Waals surface area contributed by atoms with Gasteiger partial charge in [0.2, 0.25) is 0 Å². The standard InChI is InChI=1S/C20H26O6/c1-6-9(2)18(23)26-17-14-11(4)19(24)25-16(15(14)22)10(3)12-7-8-13(21)20(12,17)5/h7-10,12,14-17,22H,4,6H2,1-3,5H3. The summed E-state index contributed by atoms with van der Waals surface area (Å²) in [4.78, 5) is 37.7. The normalized spacial score (nSPS) is 42.7. The van der Waals surface area contributed by atoms with Crippen LogP contribution in [0.4, 0.5) is 0 Å². The van der Waals surface area contributed by atoms with Crippen molar-refractivity contribution in [3.8, 4) is 0 Å². The number of rotatable bonds is 3. The lowest BCUT2D eigenvalue weighted by Crippen LogP contribution is -2.53. The first-order chi connectivity index (χ1) is 12.1. The zero-order valence-electron chi connectivity index (χ0n) is 15.6. The Bertz CT molecular complexity index is 694. The zero-order chi connectivity index (χ0) is 19.4. The first-order valence-corrected chi connectivity index (χ1v) is 9.15. The molecule has 0 aromatic heterocycles. The van der Waals surface area contributed by atoms with E-state index < -0.39 is 41.6 Å². The Morgan fingerprint density at radius 1 is 1.46 bits per heavy atom. The van der Waals surface area contributed by atoms with Crippen molar-refractivity contribution in [1.82, 2.24) is 0 Å². The summed E-state index contributed by atoms with van der Waals surface area (Å²) >= 11 is 0. The molecule has 1 aliphatic heterocycles. The summed E-state index contributed by atoms with van der Waals surface area (Å²) in [6.45, 7) is 11.0. The molecular weight excluding hydrogens is 336 g/mol. The first kappa shape index (κ1) is 18.8. The molecule has 3 rings (SSSR count). The lowest BCUT2D eigenvalue weighted by atomic mass is 9.67. The molecule has 1 saturated heterocycles. The summed E-state index contributed by atoms with van der Waals surface area (Å²) in [5, 5.41) is 10.9. The van der Waals surface area contributed by atoms with Gasteiger partial charge in [-0.25, -0.2) is 4.79 Å². The number of carbonyl (C=O) groups is 3. The van der Waals surface area contributed by atoms with Crippen LogP contribution in [-0.4, -0.2) is 41.1 Å². The molecule has 0 radical (unpaired) electrons. The molecule has 1 N–H and O–H groups in total. The number of aliphatic hydroxyl groups is 1. The molecule has 0 amide bonds. The molecule has 2 bridgehead atoms. The first-order valence-electron chi connectivity index (χ1n) is 9.15. The van der Waals surface area contributed by atoms with Crippen LogP contribution in [0.5, 0.6) is 0 Å². The number of hydrogen-bond acceptors (Lipinski definition) is 6. The molecule has 3 aliphatic rings. The van der Waals surface area contributed by atoms with E-state index in [0.29, 0.717) is 6.42 Å². The number of ketones is 1. The van der Waals surface area contributed by atoms with Crippen LogP contribution >= 0.6 is 0 Å². The van der Waals surface area contributed by atoms with Crippen molar-refractivity contribution in [3.63, 3.8) is 0 Å². The summed E-state index contributed by atoms with van der Waals surface area (Å²) in [6.07, 6.45) is 1.05. The minimum Gasteiger partial charge on any atom is -0.460 e. The number of esters is 2. The third kappa shape index (κ3) is 2.46. The highest BCUT2D eigenvalue weighted by Gasteiger charge is 2.64. The van der Waals surface area contributed by atoms with E-state index in [4.69, 9.17) is 9.47 Å². The van der Waals surface area contributed by atoms with E-state index in [9.17, 15) is 19.5 Å². The molecule has 0 aromatic rings. The van der Waals surface area contributed by atoms with Crippen LogP contribution in [0, 0.1) is 29.1 Å². The van der Waals surface area contributed by atoms with Gasteiger partial charge in [0.05, 0.1) is 17.3 Å². The molecule has 0 aromatic carbocycles. The van der Waals surface area contributed by atoms with Crippen LogP contribution in [0.2, 0.25) is 0 Å². The smallest absolute Gasteiger partial charge is 0.334 e. The average Bonchev–Trinajstić information content (AvgIpc) is 2.89. The lowest BCUT2D eigenvalue weighted by Gasteiger charge is -2.41. The number of carbonyl (C=O) groups excluding carboxylic acids is 3. The van der Waals surface area contributed by atoms with Gasteiger partial charge >= 0.3 is 11.9 Å². The summed E-state index contributed by atoms with van der Waals surface area (Å²) in [7, 11) is 0. The van der Waals surface area contributed by atoms with Gasteiger partial charge in [-0.1, -0.05) is 33.4 Å². The number of aliphatic hydroxyl groups excluding tert-OH is 1. The van der Waals surface area contributed by atoms with E-state index in [1.54, 1.807) is 19.9 Å². The molecule has 1 heterocycles. The van der Waals surface area contributed by atoms with E-state index >= 15 is 0 Å². The molecule has 6 nitrogen and oxygen atoms in total. The van der Waals surface area contributed by atoms with Gasteiger partial charge in [-0.2, -0.15) is 0 Å². The summed E-state index contributed by atoms with van der Waals surface area (Å²) in [5.41, 5.74) is -1.02. The number of allylic oxidation sites excluding steroid dienone is 2. The van der Waals surface area contributed by atoms with E-state index in [-0.39, 0.29) is 29.1 Å². The highest BCUT2D eigenvalue weighted by molar-refractivity contribution is 5.99. The van der Waals surface area contributed by atoms with E-state index in [2.05, 4.69) is 6.58 Å². The van der Waals surface area contributed by atoms with E-state index in [1.807, 2.05) is 13.8 Å². The Morgan fingerprint density at radius 2 is 2.12 bits per heavy atom. The van der Waals surface area contributed by atoms with Crippen LogP contribution in [0.1, 0.15) is 34.1 Å². The summed E-state index contributed by atoms with van der Waals surface area (Å²) in [6, 6.07) is 0. The molecule has 26 heavy (non-hydrogen) atoms. The highest BCUT2D eigenvalue weighted by atomic mass is 16.6. The monoisotopic (exact) mass is 362 g/mol. The second-order valence-corrected chi connectivity index (χ2v) is 7.97. The Labute approximate surface area is 153 Å². The topological polar surface area (TPSA) is 89.9 Å². The van der Waals surface area contributed by atoms with Crippen LogP contribution in [0.3, 0.4) is 0 Å². The fourth-order valence-corrected chi connectivity index (χ4v) is 4.56. The van der Waals surface area contributed by atoms with Crippen LogP contribution < -0.4 is 0 Å². The quantitative estimate of drug-likeness (QED) is 0.608. The predicted octanol–water partition coefficient (Wildman–Crippen LogP) is 1.81. The average molecular weight is 362 g/mol. The summed E-state index contributed by atoms with van der Waals surface area (Å²) < 4.78 is 11.2. The van der Waals surface area contributed by atoms with Gasteiger partial charge in [0, 0.05) is 11.5 Å². The fraction of sp³-hybridized carbons (Fsp3) is 0.650. The second-order valence-electron chi connectivity index (χ2n) is 7.97. The maximum absolute atomic E-state index is 12.8. The predicted molar refractivity (Wildman–Crippen MR) is 92.8 cm³/mol. The van der Waals surface area contributed by atoms with Gasteiger partial charge in [0.1, 0.15) is 18.3 Å². The molecule has 1 saturated carbocycles. The Hall–Kier alpha value is -1.95. The van der Waals surface area contributed by atoms with Crippen LogP contribution in [-0.2, 0) is 23.9 Å². The summed E-state index contributed by atoms with van der Waals surface area (Å²) in [5.74, 6) is -3.05. The van der Waals surface area contributed by atoms with Crippen LogP contribution in [0.25, 0.3) is 0 Å². The maximum atomic E-state index is 12.8. The minimum absolute atomic E-state index is 0.0458. The van der Waals surface area contributed by atoms with Crippen molar-refractivity contribution in [2.24, 2.45) is 29.1 Å². The lowest BCUT2D eigenvalue weighted by molar-refractivity contribution is -0.180. The fourth-order valence-electron chi connectivity index (χ4n) is 4.56. The molecule has 8 atom stereocenters. The van der Waals surface area contributed by atoms with Crippen molar-refractivity contribution >= 4 is 17.7 Å². The Kier molecular flexibility index (Phi) is 4.59. The molecule has 142 valence electrons. The number of hydrogen-bond donors (Lipinski definition) is 1. The van der Waals surface area contributed by atoms with E-state index in [1.165, 1.54) is 6.08 Å².